The molecule has 0 spiro atoms. The Morgan fingerprint density at radius 2 is 2.78 bits per heavy atom. The molecule has 0 aromatic carbocycles. The van der Waals surface area contributed by atoms with Crippen LogP contribution in [0, 0.1) is 10.7 Å². The summed E-state index contributed by atoms with van der Waals surface area (Å²) in [5, 5.41) is 10.1. The minimum Gasteiger partial charge on any atom is -0.301 e. The largest absolute Gasteiger partial charge is 0.301 e. The molecule has 0 aliphatic carbocycles. The van der Waals surface area contributed by atoms with E-state index >= 15 is 0 Å². The molecule has 1 aliphatic rings. The van der Waals surface area contributed by atoms with E-state index in [0.717, 1.165) is 16.0 Å². The van der Waals surface area contributed by atoms with Gasteiger partial charge < -0.3 is 5.43 Å². The third-order valence-corrected chi connectivity index (χ3v) is 2.13. The number of nitrogens with two attached hydrogens (primary N) is 1. The highest BCUT2D eigenvalue weighted by Crippen LogP contribution is 2.30. The van der Waals surface area contributed by atoms with Crippen molar-refractivity contribution in [3.8, 4) is 5.40 Å². The van der Waals surface area contributed by atoms with Gasteiger partial charge in [0.1, 0.15) is 5.40 Å². The summed E-state index contributed by atoms with van der Waals surface area (Å²) < 4.78 is 2.19. The Kier molecular flexibility index (Phi) is 2.24. The third kappa shape index (κ3) is 1.80. The average Bonchev–Trinajstić information content (AvgIpc) is 2.17. The van der Waals surface area contributed by atoms with Gasteiger partial charge in [-0.2, -0.15) is 5.26 Å². The third-order valence-electron chi connectivity index (χ3n) is 0.644. The molecular weight excluding hydrogens is 156 g/mol. The highest BCUT2D eigenvalue weighted by Gasteiger charge is 2.10. The van der Waals surface area contributed by atoms with Gasteiger partial charge in [-0.1, -0.05) is 4.52 Å². The second-order valence-corrected chi connectivity index (χ2v) is 3.30. The number of thioether (sulfide) groups is 1. The number of hydrazine groups is 2. The van der Waals surface area contributed by atoms with Crippen molar-refractivity contribution in [1.82, 2.24) is 9.95 Å². The average molecular weight is 160 g/mol. The lowest BCUT2D eigenvalue weighted by atomic mass is 11.1. The summed E-state index contributed by atoms with van der Waals surface area (Å²) in [4.78, 5) is 0. The van der Waals surface area contributed by atoms with Crippen LogP contribution in [0.2, 0.25) is 0 Å². The maximum atomic E-state index is 8.18. The highest BCUT2D eigenvalue weighted by atomic mass is 32.2. The van der Waals surface area contributed by atoms with Gasteiger partial charge >= 0.3 is 0 Å². The molecule has 1 rings (SSSR count). The van der Waals surface area contributed by atoms with E-state index < -0.39 is 0 Å². The van der Waals surface area contributed by atoms with Gasteiger partial charge in [0.25, 0.3) is 0 Å². The number of nitriles is 1. The van der Waals surface area contributed by atoms with Gasteiger partial charge in [0.15, 0.2) is 0 Å². The van der Waals surface area contributed by atoms with Crippen LogP contribution in [0.15, 0.2) is 10.4 Å². The van der Waals surface area contributed by atoms with Crippen LogP contribution in [-0.4, -0.2) is 4.52 Å². The fourth-order valence-electron chi connectivity index (χ4n) is 0.359. The lowest BCUT2D eigenvalue weighted by Crippen LogP contribution is -2.30. The Morgan fingerprint density at radius 3 is 3.22 bits per heavy atom. The van der Waals surface area contributed by atoms with Crippen LogP contribution < -0.4 is 11.3 Å². The predicted octanol–water partition coefficient (Wildman–Crippen LogP) is 0.342. The summed E-state index contributed by atoms with van der Waals surface area (Å²) >= 11 is 2.38. The van der Waals surface area contributed by atoms with Gasteiger partial charge in [-0.25, -0.2) is 5.84 Å². The molecule has 0 radical (unpaired) electrons. The highest BCUT2D eigenvalue weighted by molar-refractivity contribution is 8.23. The Hall–Kier alpha value is -0.350. The number of nitrogens with one attached hydrogen (secondary N) is 1. The van der Waals surface area contributed by atoms with Crippen LogP contribution in [-0.2, 0) is 0 Å². The Morgan fingerprint density at radius 1 is 2.00 bits per heavy atom. The van der Waals surface area contributed by atoms with Crippen LogP contribution >= 0.6 is 23.7 Å². The van der Waals surface area contributed by atoms with Crippen LogP contribution in [0.25, 0.3) is 0 Å². The number of hydrogen-bond donors (Lipinski definition) is 2. The molecule has 0 aromatic rings. The monoisotopic (exact) mass is 160 g/mol. The van der Waals surface area contributed by atoms with Crippen molar-refractivity contribution in [3.05, 3.63) is 10.4 Å². The lowest BCUT2D eigenvalue weighted by Gasteiger charge is -2.03. The molecule has 1 aliphatic heterocycles. The molecule has 3 N–H and O–H groups in total. The smallest absolute Gasteiger partial charge is 0.139 e. The van der Waals surface area contributed by atoms with Gasteiger partial charge in [0, 0.05) is 29.9 Å². The maximum Gasteiger partial charge on any atom is 0.139 e. The Bertz CT molecular complexity index is 171. The van der Waals surface area contributed by atoms with Gasteiger partial charge in [0.2, 0.25) is 0 Å². The van der Waals surface area contributed by atoms with Crippen LogP contribution in [0.1, 0.15) is 0 Å². The SMILES string of the molecule is N#CSC1=CNN(N)S1. The molecule has 48 valence electrons. The normalized spacial score (nSPS) is 18.4. The summed E-state index contributed by atoms with van der Waals surface area (Å²) in [6.07, 6.45) is 1.68. The fourth-order valence-corrected chi connectivity index (χ4v) is 1.47. The van der Waals surface area contributed by atoms with E-state index in [1.807, 2.05) is 5.40 Å². The number of nitrogens with zero attached hydrogens (tertiary/aromatic N) is 2. The van der Waals surface area contributed by atoms with Crippen molar-refractivity contribution in [2.75, 3.05) is 0 Å². The minimum absolute atomic E-state index is 0.861. The van der Waals surface area contributed by atoms with E-state index in [2.05, 4.69) is 5.43 Å². The van der Waals surface area contributed by atoms with Gasteiger partial charge in [-0.3, -0.25) is 0 Å². The first-order chi connectivity index (χ1) is 4.33. The lowest BCUT2D eigenvalue weighted by molar-refractivity contribution is 0.440. The molecule has 0 unspecified atom stereocenters. The van der Waals surface area contributed by atoms with E-state index in [-0.39, 0.29) is 0 Å². The first-order valence-electron chi connectivity index (χ1n) is 2.08. The van der Waals surface area contributed by atoms with Crippen LogP contribution in [0.3, 0.4) is 0 Å². The zero-order valence-corrected chi connectivity index (χ0v) is 6.00. The molecule has 0 amide bonds. The van der Waals surface area contributed by atoms with Crippen molar-refractivity contribution < 1.29 is 0 Å². The summed E-state index contributed by atoms with van der Waals surface area (Å²) in [6.45, 7) is 0. The van der Waals surface area contributed by atoms with Gasteiger partial charge in [-0.05, 0) is 0 Å². The first-order valence-corrected chi connectivity index (χ1v) is 3.67. The van der Waals surface area contributed by atoms with Crippen molar-refractivity contribution in [2.45, 2.75) is 0 Å². The standard InChI is InChI=1S/C3H4N4S2/c4-2-8-3-1-6-7(5)9-3/h1,6H,5H2. The molecule has 4 nitrogen and oxygen atoms in total. The van der Waals surface area contributed by atoms with Crippen LogP contribution in [0.4, 0.5) is 0 Å². The molecule has 0 saturated heterocycles. The zero-order chi connectivity index (χ0) is 6.69. The summed E-state index contributed by atoms with van der Waals surface area (Å²) in [6, 6.07) is 0. The van der Waals surface area contributed by atoms with E-state index in [1.165, 1.54) is 16.5 Å². The summed E-state index contributed by atoms with van der Waals surface area (Å²) in [7, 11) is 0. The molecule has 1 heterocycles. The summed E-state index contributed by atoms with van der Waals surface area (Å²) in [5.41, 5.74) is 2.69. The molecule has 6 heteroatoms. The molecular formula is C3H4N4S2. The van der Waals surface area contributed by atoms with E-state index in [0.29, 0.717) is 0 Å². The molecule has 0 bridgehead atoms. The van der Waals surface area contributed by atoms with Gasteiger partial charge in [-0.15, -0.1) is 0 Å². The number of thiocyanates is 1. The van der Waals surface area contributed by atoms with E-state index in [9.17, 15) is 0 Å². The van der Waals surface area contributed by atoms with Gasteiger partial charge in [0.05, 0.1) is 4.24 Å². The zero-order valence-electron chi connectivity index (χ0n) is 4.37. The van der Waals surface area contributed by atoms with Crippen molar-refractivity contribution >= 4 is 23.7 Å². The molecule has 9 heavy (non-hydrogen) atoms. The van der Waals surface area contributed by atoms with Crippen molar-refractivity contribution in [3.63, 3.8) is 0 Å². The maximum absolute atomic E-state index is 8.18. The fraction of sp³-hybridized carbons (Fsp3) is 0. The molecule has 0 atom stereocenters. The Labute approximate surface area is 61.1 Å². The second kappa shape index (κ2) is 2.98. The van der Waals surface area contributed by atoms with E-state index in [4.69, 9.17) is 11.1 Å². The first kappa shape index (κ1) is 6.77. The van der Waals surface area contributed by atoms with Crippen LogP contribution in [0.5, 0.6) is 0 Å². The molecule has 0 saturated carbocycles. The minimum atomic E-state index is 0.861. The molecule has 0 fully saturated rings. The topological polar surface area (TPSA) is 65.1 Å². The quantitative estimate of drug-likeness (QED) is 0.327. The molecule has 0 aromatic heterocycles. The number of hydrogen-bond acceptors (Lipinski definition) is 6. The van der Waals surface area contributed by atoms with E-state index in [1.54, 1.807) is 6.20 Å². The summed E-state index contributed by atoms with van der Waals surface area (Å²) in [5.74, 6) is 5.27. The Balaban J connectivity index is 2.38. The predicted molar refractivity (Wildman–Crippen MR) is 38.0 cm³/mol. The number of rotatable bonds is 1. The van der Waals surface area contributed by atoms with Crippen molar-refractivity contribution in [1.29, 1.82) is 5.26 Å². The van der Waals surface area contributed by atoms with Crippen molar-refractivity contribution in [2.24, 2.45) is 5.84 Å². The second-order valence-electron chi connectivity index (χ2n) is 1.20.